The van der Waals surface area contributed by atoms with Crippen molar-refractivity contribution in [2.24, 2.45) is 22.5 Å². The van der Waals surface area contributed by atoms with E-state index in [4.69, 9.17) is 20.9 Å². The molecule has 0 aliphatic carbocycles. The molecule has 1 atom stereocenters. The van der Waals surface area contributed by atoms with Crippen molar-refractivity contribution < 1.29 is 23.0 Å². The first kappa shape index (κ1) is 35.5. The molecule has 3 rings (SSSR count). The molecule has 1 aliphatic heterocycles. The van der Waals surface area contributed by atoms with Gasteiger partial charge in [-0.25, -0.2) is 18.1 Å². The largest absolute Gasteiger partial charge is 0.454 e. The summed E-state index contributed by atoms with van der Waals surface area (Å²) in [6.07, 6.45) is 10.1. The normalized spacial score (nSPS) is 15.9. The van der Waals surface area contributed by atoms with Gasteiger partial charge in [-0.2, -0.15) is 5.10 Å². The first-order valence-electron chi connectivity index (χ1n) is 14.7. The highest BCUT2D eigenvalue weighted by Crippen LogP contribution is 2.34. The Kier molecular flexibility index (Phi) is 14.3. The van der Waals surface area contributed by atoms with Crippen molar-refractivity contribution in [1.29, 1.82) is 0 Å². The molecule has 0 radical (unpaired) electrons. The zero-order chi connectivity index (χ0) is 32.8. The lowest BCUT2D eigenvalue weighted by Crippen LogP contribution is -2.33. The van der Waals surface area contributed by atoms with Gasteiger partial charge in [0.25, 0.3) is 0 Å². The Morgan fingerprint density at radius 2 is 1.98 bits per heavy atom. The summed E-state index contributed by atoms with van der Waals surface area (Å²) in [5.41, 5.74) is 14.5. The molecule has 0 bridgehead atoms. The third-order valence-electron chi connectivity index (χ3n) is 6.62. The fourth-order valence-corrected chi connectivity index (χ4v) is 5.21. The van der Waals surface area contributed by atoms with E-state index in [9.17, 15) is 9.18 Å². The van der Waals surface area contributed by atoms with Crippen molar-refractivity contribution in [3.63, 3.8) is 0 Å². The zero-order valence-electron chi connectivity index (χ0n) is 26.1. The lowest BCUT2D eigenvalue weighted by molar-refractivity contribution is -0.110. The van der Waals surface area contributed by atoms with Crippen molar-refractivity contribution in [1.82, 2.24) is 9.03 Å². The maximum absolute atomic E-state index is 15.5. The summed E-state index contributed by atoms with van der Waals surface area (Å²) in [5, 5.41) is 5.39. The van der Waals surface area contributed by atoms with Crippen molar-refractivity contribution in [3.05, 3.63) is 101 Å². The van der Waals surface area contributed by atoms with Crippen LogP contribution in [0.15, 0.2) is 89.0 Å². The van der Waals surface area contributed by atoms with E-state index < -0.39 is 17.4 Å². The molecule has 0 spiro atoms. The number of morpholine rings is 1. The molecule has 0 amide bonds. The molecule has 2 aromatic carbocycles. The van der Waals surface area contributed by atoms with Crippen LogP contribution in [0.5, 0.6) is 11.5 Å². The van der Waals surface area contributed by atoms with E-state index in [-0.39, 0.29) is 28.9 Å². The van der Waals surface area contributed by atoms with Crippen LogP contribution in [-0.4, -0.2) is 49.2 Å². The van der Waals surface area contributed by atoms with Crippen LogP contribution in [0.2, 0.25) is 0 Å². The fourth-order valence-electron chi connectivity index (χ4n) is 4.41. The number of allylic oxidation sites excluding steroid dienone is 5. The van der Waals surface area contributed by atoms with Gasteiger partial charge in [-0.3, -0.25) is 4.79 Å². The van der Waals surface area contributed by atoms with Gasteiger partial charge in [-0.1, -0.05) is 38.1 Å². The lowest BCUT2D eigenvalue weighted by atomic mass is 10.1. The maximum Gasteiger partial charge on any atom is 0.182 e. The molecule has 0 saturated carbocycles. The average Bonchev–Trinajstić information content (AvgIpc) is 3.02. The monoisotopic (exact) mass is 640 g/mol. The number of rotatable bonds is 15. The molecule has 0 aromatic heterocycles. The summed E-state index contributed by atoms with van der Waals surface area (Å²) in [6.45, 7) is 10.8. The van der Waals surface area contributed by atoms with E-state index in [2.05, 4.69) is 14.1 Å². The van der Waals surface area contributed by atoms with Crippen LogP contribution in [0, 0.1) is 17.6 Å². The Hall–Kier alpha value is -3.97. The van der Waals surface area contributed by atoms with Crippen LogP contribution in [-0.2, 0) is 16.0 Å². The number of carbonyl (C=O) groups excluding carboxylic acids is 1. The quantitative estimate of drug-likeness (QED) is 0.0712. The molecule has 1 saturated heterocycles. The van der Waals surface area contributed by atoms with Gasteiger partial charge in [-0.15, -0.1) is 0 Å². The number of nitrogens with two attached hydrogens (primary N) is 2. The fraction of sp³-hybridized carbons (Fsp3) is 0.333. The number of nitrogens with zero attached hydrogens (tertiary/aromatic N) is 3. The van der Waals surface area contributed by atoms with Crippen molar-refractivity contribution >= 4 is 29.8 Å². The van der Waals surface area contributed by atoms with Crippen molar-refractivity contribution in [2.45, 2.75) is 34.1 Å². The van der Waals surface area contributed by atoms with Gasteiger partial charge in [0.05, 0.1) is 13.2 Å². The number of ketones is 1. The van der Waals surface area contributed by atoms with E-state index in [0.717, 1.165) is 30.4 Å². The van der Waals surface area contributed by atoms with Crippen LogP contribution < -0.4 is 25.9 Å². The SMILES string of the molecule is C/C=N\N(/C(N)=C/C(=O)/C=C/C(C)/C=C(C)\C(=C/CN)NSN1CCOCC1)c1c(F)cc(Oc2ccccc2F)cc1CC. The molecule has 9 nitrogen and oxygen atoms in total. The number of anilines is 1. The summed E-state index contributed by atoms with van der Waals surface area (Å²) < 4.78 is 46.2. The van der Waals surface area contributed by atoms with Crippen LogP contribution in [0.25, 0.3) is 0 Å². The van der Waals surface area contributed by atoms with E-state index in [0.29, 0.717) is 31.7 Å². The molecule has 2 aromatic rings. The number of ether oxygens (including phenoxy) is 2. The number of para-hydroxylation sites is 1. The highest BCUT2D eigenvalue weighted by Gasteiger charge is 2.20. The van der Waals surface area contributed by atoms with Gasteiger partial charge in [0.2, 0.25) is 0 Å². The summed E-state index contributed by atoms with van der Waals surface area (Å²) in [4.78, 5) is 12.9. The first-order chi connectivity index (χ1) is 21.7. The second kappa shape index (κ2) is 18.1. The molecule has 12 heteroatoms. The van der Waals surface area contributed by atoms with E-state index in [1.807, 2.05) is 32.9 Å². The first-order valence-corrected chi connectivity index (χ1v) is 15.5. The average molecular weight is 641 g/mol. The van der Waals surface area contributed by atoms with Crippen LogP contribution in [0.4, 0.5) is 14.5 Å². The number of hydrogen-bond donors (Lipinski definition) is 3. The van der Waals surface area contributed by atoms with Gasteiger partial charge in [-0.05, 0) is 67.7 Å². The number of hydrazone groups is 1. The number of halogens is 2. The van der Waals surface area contributed by atoms with Crippen LogP contribution in [0.1, 0.15) is 33.3 Å². The molecular formula is C33H42F2N6O3S. The minimum Gasteiger partial charge on any atom is -0.454 e. The van der Waals surface area contributed by atoms with Crippen molar-refractivity contribution in [2.75, 3.05) is 37.9 Å². The minimum absolute atomic E-state index is 0.0269. The predicted molar refractivity (Wildman–Crippen MR) is 178 cm³/mol. The highest BCUT2D eigenvalue weighted by atomic mass is 32.2. The van der Waals surface area contributed by atoms with E-state index in [1.54, 1.807) is 25.1 Å². The smallest absolute Gasteiger partial charge is 0.182 e. The predicted octanol–water partition coefficient (Wildman–Crippen LogP) is 5.97. The molecular weight excluding hydrogens is 598 g/mol. The maximum atomic E-state index is 15.5. The van der Waals surface area contributed by atoms with Gasteiger partial charge < -0.3 is 25.7 Å². The van der Waals surface area contributed by atoms with E-state index >= 15 is 4.39 Å². The number of nitrogens with one attached hydrogen (secondary N) is 1. The Morgan fingerprint density at radius 1 is 1.24 bits per heavy atom. The molecule has 1 aliphatic rings. The second-order valence-electron chi connectivity index (χ2n) is 10.1. The third-order valence-corrected chi connectivity index (χ3v) is 7.55. The number of hydrogen-bond acceptors (Lipinski definition) is 10. The summed E-state index contributed by atoms with van der Waals surface area (Å²) in [7, 11) is 0. The van der Waals surface area contributed by atoms with Crippen LogP contribution in [0.3, 0.4) is 0 Å². The molecule has 1 heterocycles. The Labute approximate surface area is 268 Å². The number of benzene rings is 2. The molecule has 1 unspecified atom stereocenters. The second-order valence-corrected chi connectivity index (χ2v) is 11.0. The lowest BCUT2D eigenvalue weighted by Gasteiger charge is -2.26. The molecule has 1 fully saturated rings. The van der Waals surface area contributed by atoms with Crippen LogP contribution >= 0.6 is 12.1 Å². The van der Waals surface area contributed by atoms with Gasteiger partial charge >= 0.3 is 0 Å². The Bertz CT molecular complexity index is 1450. The van der Waals surface area contributed by atoms with Crippen molar-refractivity contribution in [3.8, 4) is 11.5 Å². The van der Waals surface area contributed by atoms with Gasteiger partial charge in [0.1, 0.15) is 17.3 Å². The Morgan fingerprint density at radius 3 is 2.64 bits per heavy atom. The Balaban J connectivity index is 1.74. The van der Waals surface area contributed by atoms with E-state index in [1.165, 1.54) is 53.7 Å². The topological polar surface area (TPSA) is 118 Å². The molecule has 242 valence electrons. The summed E-state index contributed by atoms with van der Waals surface area (Å²) >= 11 is 1.52. The highest BCUT2D eigenvalue weighted by molar-refractivity contribution is 7.95. The standard InChI is InChI=1S/C33H42F2N6O3S/c1-5-25-20-27(44-31-10-8-7-9-28(31)34)22-29(35)33(25)41(38-6-2)32(37)21-26(42)12-11-23(3)19-24(4)30(13-14-36)39-45-40-15-17-43-18-16-40/h6-13,19-23,39H,5,14-18,36-37H2,1-4H3/b12-11+,24-19-,30-13+,32-21+,38-6-. The zero-order valence-corrected chi connectivity index (χ0v) is 26.9. The molecule has 45 heavy (non-hydrogen) atoms. The third kappa shape index (κ3) is 10.9. The molecule has 5 N–H and O–H groups in total. The van der Waals surface area contributed by atoms with Gasteiger partial charge in [0, 0.05) is 55.8 Å². The minimum atomic E-state index is -0.693. The van der Waals surface area contributed by atoms with Gasteiger partial charge in [0.15, 0.2) is 23.2 Å². The summed E-state index contributed by atoms with van der Waals surface area (Å²) in [5.74, 6) is -1.72. The summed E-state index contributed by atoms with van der Waals surface area (Å²) in [6, 6.07) is 8.60. The number of aryl methyl sites for hydroxylation is 1. The number of carbonyl (C=O) groups is 1.